The molecule has 3 heterocycles. The van der Waals surface area contributed by atoms with E-state index in [0.29, 0.717) is 10.8 Å². The van der Waals surface area contributed by atoms with Crippen LogP contribution < -0.4 is 4.90 Å². The molecule has 0 amide bonds. The van der Waals surface area contributed by atoms with Crippen LogP contribution in [0.3, 0.4) is 0 Å². The fourth-order valence-electron chi connectivity index (χ4n) is 4.11. The van der Waals surface area contributed by atoms with Gasteiger partial charge in [0.25, 0.3) is 0 Å². The van der Waals surface area contributed by atoms with Crippen molar-refractivity contribution in [2.45, 2.75) is 13.0 Å². The number of benzene rings is 2. The third-order valence-electron chi connectivity index (χ3n) is 5.59. The number of hydrogen-bond donors (Lipinski definition) is 1. The van der Waals surface area contributed by atoms with Crippen LogP contribution in [0.2, 0.25) is 5.02 Å². The fraction of sp³-hybridized carbons (Fsp3) is 0.273. The Morgan fingerprint density at radius 2 is 1.84 bits per heavy atom. The van der Waals surface area contributed by atoms with Gasteiger partial charge in [0.15, 0.2) is 0 Å². The van der Waals surface area contributed by atoms with E-state index in [1.54, 1.807) is 19.1 Å². The van der Waals surface area contributed by atoms with Gasteiger partial charge in [-0.15, -0.1) is 5.10 Å². The smallest absolute Gasteiger partial charge is 0.230 e. The normalized spacial score (nSPS) is 16.2. The van der Waals surface area contributed by atoms with E-state index in [0.717, 1.165) is 47.3 Å². The third-order valence-corrected chi connectivity index (χ3v) is 6.90. The number of piperazine rings is 1. The van der Waals surface area contributed by atoms with Crippen LogP contribution in [-0.4, -0.2) is 50.8 Å². The summed E-state index contributed by atoms with van der Waals surface area (Å²) in [4.78, 5) is 10.4. The molecule has 4 aromatic rings. The molecule has 5 rings (SSSR count). The number of halogens is 2. The summed E-state index contributed by atoms with van der Waals surface area (Å²) in [7, 11) is 0. The van der Waals surface area contributed by atoms with Crippen molar-refractivity contribution in [1.82, 2.24) is 19.5 Å². The van der Waals surface area contributed by atoms with Gasteiger partial charge in [-0.2, -0.15) is 4.52 Å². The molecule has 6 nitrogen and oxygen atoms in total. The second-order valence-corrected chi connectivity index (χ2v) is 9.05. The molecule has 2 aromatic carbocycles. The number of rotatable bonds is 4. The van der Waals surface area contributed by atoms with Gasteiger partial charge in [-0.25, -0.2) is 9.37 Å². The first-order valence-corrected chi connectivity index (χ1v) is 11.2. The lowest BCUT2D eigenvalue weighted by molar-refractivity contribution is 0.211. The van der Waals surface area contributed by atoms with E-state index in [4.69, 9.17) is 11.6 Å². The SMILES string of the molecule is Cc1nc2sc([C@@H](c3ccc(F)cc3)N3CCN(c4cccc(Cl)c4)CC3)c(O)n2n1. The molecule has 31 heavy (non-hydrogen) atoms. The summed E-state index contributed by atoms with van der Waals surface area (Å²) in [5, 5.41) is 15.9. The number of aromatic hydroxyl groups is 1. The van der Waals surface area contributed by atoms with Gasteiger partial charge in [0.1, 0.15) is 11.6 Å². The maximum absolute atomic E-state index is 13.6. The van der Waals surface area contributed by atoms with E-state index in [1.807, 2.05) is 18.2 Å². The quantitative estimate of drug-likeness (QED) is 0.488. The maximum Gasteiger partial charge on any atom is 0.230 e. The Bertz CT molecular complexity index is 1220. The number of aromatic nitrogens is 3. The summed E-state index contributed by atoms with van der Waals surface area (Å²) in [5.74, 6) is 0.421. The molecule has 0 radical (unpaired) electrons. The molecule has 0 bridgehead atoms. The molecular formula is C22H21ClFN5OS. The van der Waals surface area contributed by atoms with Crippen molar-refractivity contribution in [3.05, 3.63) is 75.6 Å². The molecule has 1 atom stereocenters. The van der Waals surface area contributed by atoms with E-state index < -0.39 is 0 Å². The molecular weight excluding hydrogens is 437 g/mol. The van der Waals surface area contributed by atoms with Crippen molar-refractivity contribution in [2.75, 3.05) is 31.1 Å². The summed E-state index contributed by atoms with van der Waals surface area (Å²) < 4.78 is 15.1. The molecule has 1 aliphatic heterocycles. The number of aryl methyl sites for hydroxylation is 1. The molecule has 160 valence electrons. The van der Waals surface area contributed by atoms with Gasteiger partial charge in [-0.1, -0.05) is 41.1 Å². The van der Waals surface area contributed by atoms with E-state index >= 15 is 0 Å². The second kappa shape index (κ2) is 8.11. The zero-order chi connectivity index (χ0) is 21.5. The molecule has 9 heteroatoms. The highest BCUT2D eigenvalue weighted by Gasteiger charge is 2.31. The Balaban J connectivity index is 1.47. The summed E-state index contributed by atoms with van der Waals surface area (Å²) >= 11 is 7.58. The molecule has 1 aliphatic rings. The first-order valence-electron chi connectivity index (χ1n) is 10.0. The summed E-state index contributed by atoms with van der Waals surface area (Å²) in [5.41, 5.74) is 2.02. The van der Waals surface area contributed by atoms with Gasteiger partial charge in [-0.3, -0.25) is 4.90 Å². The number of thiazole rings is 1. The van der Waals surface area contributed by atoms with E-state index in [2.05, 4.69) is 25.9 Å². The van der Waals surface area contributed by atoms with Gasteiger partial charge in [-0.05, 0) is 42.8 Å². The average Bonchev–Trinajstić information content (AvgIpc) is 3.27. The Kier molecular flexibility index (Phi) is 5.29. The zero-order valence-electron chi connectivity index (χ0n) is 16.9. The largest absolute Gasteiger partial charge is 0.492 e. The minimum atomic E-state index is -0.282. The molecule has 0 aliphatic carbocycles. The Morgan fingerprint density at radius 3 is 2.52 bits per heavy atom. The standard InChI is InChI=1S/C22H21ClFN5OS/c1-14-25-22-29(26-14)21(30)20(31-22)19(15-5-7-17(24)8-6-15)28-11-9-27(10-12-28)18-4-2-3-16(23)13-18/h2-8,13,19,30H,9-12H2,1H3/t19-/m1/s1. The lowest BCUT2D eigenvalue weighted by Gasteiger charge is -2.40. The van der Waals surface area contributed by atoms with Crippen LogP contribution in [0.1, 0.15) is 22.3 Å². The monoisotopic (exact) mass is 457 g/mol. The summed E-state index contributed by atoms with van der Waals surface area (Å²) in [6.07, 6.45) is 0. The topological polar surface area (TPSA) is 56.9 Å². The van der Waals surface area contributed by atoms with E-state index in [1.165, 1.54) is 28.0 Å². The van der Waals surface area contributed by atoms with Crippen molar-refractivity contribution in [1.29, 1.82) is 0 Å². The first kappa shape index (κ1) is 20.2. The fourth-order valence-corrected chi connectivity index (χ4v) is 5.46. The lowest BCUT2D eigenvalue weighted by atomic mass is 10.0. The van der Waals surface area contributed by atoms with Crippen molar-refractivity contribution >= 4 is 33.6 Å². The van der Waals surface area contributed by atoms with Crippen LogP contribution >= 0.6 is 22.9 Å². The summed E-state index contributed by atoms with van der Waals surface area (Å²) in [6.45, 7) is 4.99. The van der Waals surface area contributed by atoms with Gasteiger partial charge in [0.2, 0.25) is 10.8 Å². The van der Waals surface area contributed by atoms with Crippen molar-refractivity contribution in [3.63, 3.8) is 0 Å². The van der Waals surface area contributed by atoms with Gasteiger partial charge in [0.05, 0.1) is 10.9 Å². The minimum Gasteiger partial charge on any atom is -0.492 e. The highest BCUT2D eigenvalue weighted by molar-refractivity contribution is 7.17. The van der Waals surface area contributed by atoms with Crippen LogP contribution in [0.5, 0.6) is 5.88 Å². The highest BCUT2D eigenvalue weighted by Crippen LogP contribution is 2.40. The third kappa shape index (κ3) is 3.86. The molecule has 0 saturated carbocycles. The maximum atomic E-state index is 13.6. The Labute approximate surface area is 188 Å². The Hall–Kier alpha value is -2.68. The zero-order valence-corrected chi connectivity index (χ0v) is 18.4. The summed E-state index contributed by atoms with van der Waals surface area (Å²) in [6, 6.07) is 14.1. The number of anilines is 1. The molecule has 1 N–H and O–H groups in total. The predicted octanol–water partition coefficient (Wildman–Crippen LogP) is 4.51. The van der Waals surface area contributed by atoms with Crippen LogP contribution in [0.25, 0.3) is 4.96 Å². The number of nitrogens with zero attached hydrogens (tertiary/aromatic N) is 5. The lowest BCUT2D eigenvalue weighted by Crippen LogP contribution is -2.47. The van der Waals surface area contributed by atoms with Crippen LogP contribution in [0.15, 0.2) is 48.5 Å². The number of hydrogen-bond acceptors (Lipinski definition) is 6. The van der Waals surface area contributed by atoms with E-state index in [-0.39, 0.29) is 17.7 Å². The minimum absolute atomic E-state index is 0.0900. The predicted molar refractivity (Wildman–Crippen MR) is 121 cm³/mol. The Morgan fingerprint density at radius 1 is 1.10 bits per heavy atom. The molecule has 0 spiro atoms. The molecule has 0 unspecified atom stereocenters. The molecule has 2 aromatic heterocycles. The van der Waals surface area contributed by atoms with Gasteiger partial charge in [0, 0.05) is 36.9 Å². The average molecular weight is 458 g/mol. The van der Waals surface area contributed by atoms with Crippen molar-refractivity contribution in [3.8, 4) is 5.88 Å². The molecule has 1 fully saturated rings. The van der Waals surface area contributed by atoms with Gasteiger partial charge >= 0.3 is 0 Å². The van der Waals surface area contributed by atoms with Gasteiger partial charge < -0.3 is 10.0 Å². The first-order chi connectivity index (χ1) is 15.0. The van der Waals surface area contributed by atoms with Crippen LogP contribution in [0.4, 0.5) is 10.1 Å². The molecule has 1 saturated heterocycles. The van der Waals surface area contributed by atoms with E-state index in [9.17, 15) is 9.50 Å². The second-order valence-electron chi connectivity index (χ2n) is 7.60. The highest BCUT2D eigenvalue weighted by atomic mass is 35.5. The van der Waals surface area contributed by atoms with Crippen molar-refractivity contribution in [2.24, 2.45) is 0 Å². The van der Waals surface area contributed by atoms with Crippen LogP contribution in [0, 0.1) is 12.7 Å². The number of fused-ring (bicyclic) bond motifs is 1. The van der Waals surface area contributed by atoms with Crippen LogP contribution in [-0.2, 0) is 0 Å². The van der Waals surface area contributed by atoms with Crippen molar-refractivity contribution < 1.29 is 9.50 Å².